The molecule has 9 heteroatoms. The molecule has 0 fully saturated rings. The van der Waals surface area contributed by atoms with Gasteiger partial charge in [0.1, 0.15) is 18.5 Å². The minimum atomic E-state index is -1.42. The van der Waals surface area contributed by atoms with Crippen LogP contribution in [0.25, 0.3) is 22.9 Å². The summed E-state index contributed by atoms with van der Waals surface area (Å²) in [7, 11) is 2.08. The molecule has 0 aliphatic rings. The number of hydrogen-bond donors (Lipinski definition) is 3. The molecule has 194 valence electrons. The van der Waals surface area contributed by atoms with E-state index in [2.05, 4.69) is 48.1 Å². The molecular weight excluding hydrogens is 460 g/mol. The lowest BCUT2D eigenvalue weighted by atomic mass is 10.0. The number of carbonyl (C=O) groups excluding carboxylic acids is 1. The van der Waals surface area contributed by atoms with E-state index in [1.165, 1.54) is 5.56 Å². The molecule has 0 bridgehead atoms. The highest BCUT2D eigenvalue weighted by atomic mass is 16.5. The van der Waals surface area contributed by atoms with Crippen LogP contribution in [-0.4, -0.2) is 63.6 Å². The number of primary amides is 1. The first-order chi connectivity index (χ1) is 17.1. The number of amides is 1. The third-order valence-electron chi connectivity index (χ3n) is 6.02. The number of carbonyl (C=O) groups is 1. The van der Waals surface area contributed by atoms with Crippen LogP contribution in [0.2, 0.25) is 0 Å². The molecular formula is C27H36N4O5. The van der Waals surface area contributed by atoms with Crippen molar-refractivity contribution in [1.29, 1.82) is 0 Å². The van der Waals surface area contributed by atoms with Gasteiger partial charge in [0.25, 0.3) is 0 Å². The number of aryl methyl sites for hydroxylation is 3. The van der Waals surface area contributed by atoms with Gasteiger partial charge in [-0.15, -0.1) is 10.2 Å². The summed E-state index contributed by atoms with van der Waals surface area (Å²) >= 11 is 0. The lowest BCUT2D eigenvalue weighted by Crippen LogP contribution is -2.33. The number of aliphatic hydroxyl groups is 2. The summed E-state index contributed by atoms with van der Waals surface area (Å²) in [5.41, 5.74) is 10.8. The standard InChI is InChI=1S/C27H36N4O5/c1-6-19-12-21(10-17(4)24(19)35-15-22(32)13-23(33)25(28)34)27-30-29-26(36-27)20-9-16(3)8-18(11-20)14-31(5)7-2/h8-12,22-23,32-33H,6-7,13-15H2,1-5H3,(H2,28,34)/t22-,23?/m0/s1. The lowest BCUT2D eigenvalue weighted by molar-refractivity contribution is -0.127. The molecule has 0 spiro atoms. The molecule has 2 atom stereocenters. The molecule has 0 radical (unpaired) electrons. The third kappa shape index (κ3) is 6.90. The average molecular weight is 497 g/mol. The quantitative estimate of drug-likeness (QED) is 0.348. The summed E-state index contributed by atoms with van der Waals surface area (Å²) < 4.78 is 11.9. The van der Waals surface area contributed by atoms with Crippen LogP contribution in [-0.2, 0) is 17.8 Å². The highest BCUT2D eigenvalue weighted by Gasteiger charge is 2.19. The second-order valence-electron chi connectivity index (χ2n) is 9.20. The van der Waals surface area contributed by atoms with Crippen molar-refractivity contribution >= 4 is 5.91 Å². The molecule has 9 nitrogen and oxygen atoms in total. The van der Waals surface area contributed by atoms with E-state index in [1.54, 1.807) is 0 Å². The number of nitrogens with zero attached hydrogens (tertiary/aromatic N) is 3. The van der Waals surface area contributed by atoms with E-state index in [0.29, 0.717) is 24.0 Å². The Bertz CT molecular complexity index is 1190. The fourth-order valence-corrected chi connectivity index (χ4v) is 4.02. The van der Waals surface area contributed by atoms with E-state index in [0.717, 1.165) is 40.9 Å². The number of nitrogens with two attached hydrogens (primary N) is 1. The molecule has 1 heterocycles. The van der Waals surface area contributed by atoms with Crippen LogP contribution in [0, 0.1) is 13.8 Å². The Hall–Kier alpha value is -3.27. The number of hydrogen-bond acceptors (Lipinski definition) is 8. The fourth-order valence-electron chi connectivity index (χ4n) is 4.02. The van der Waals surface area contributed by atoms with Gasteiger partial charge in [-0.25, -0.2) is 0 Å². The Morgan fingerprint density at radius 2 is 1.75 bits per heavy atom. The Labute approximate surface area is 211 Å². The SMILES string of the molecule is CCc1cc(-c2nnc(-c3cc(C)cc(CN(C)CC)c3)o2)cc(C)c1OC[C@@H](O)CC(O)C(N)=O. The summed E-state index contributed by atoms with van der Waals surface area (Å²) in [6.45, 7) is 9.80. The molecule has 1 aromatic heterocycles. The van der Waals surface area contributed by atoms with Crippen LogP contribution in [0.15, 0.2) is 34.7 Å². The van der Waals surface area contributed by atoms with E-state index in [4.69, 9.17) is 14.9 Å². The summed E-state index contributed by atoms with van der Waals surface area (Å²) in [6, 6.07) is 10.1. The van der Waals surface area contributed by atoms with Gasteiger partial charge >= 0.3 is 0 Å². The van der Waals surface area contributed by atoms with Crippen molar-refractivity contribution in [3.63, 3.8) is 0 Å². The smallest absolute Gasteiger partial charge is 0.248 e. The Kier molecular flexibility index (Phi) is 9.19. The molecule has 36 heavy (non-hydrogen) atoms. The fraction of sp³-hybridized carbons (Fsp3) is 0.444. The van der Waals surface area contributed by atoms with E-state index in [1.807, 2.05) is 32.0 Å². The summed E-state index contributed by atoms with van der Waals surface area (Å²) in [6.07, 6.45) is -1.96. The zero-order valence-corrected chi connectivity index (χ0v) is 21.6. The molecule has 0 saturated heterocycles. The molecule has 0 saturated carbocycles. The van der Waals surface area contributed by atoms with Gasteiger partial charge < -0.3 is 30.0 Å². The highest BCUT2D eigenvalue weighted by molar-refractivity contribution is 5.78. The van der Waals surface area contributed by atoms with Crippen molar-refractivity contribution in [3.8, 4) is 28.7 Å². The third-order valence-corrected chi connectivity index (χ3v) is 6.02. The zero-order chi connectivity index (χ0) is 26.4. The summed E-state index contributed by atoms with van der Waals surface area (Å²) in [4.78, 5) is 13.2. The van der Waals surface area contributed by atoms with Crippen LogP contribution < -0.4 is 10.5 Å². The van der Waals surface area contributed by atoms with Gasteiger partial charge in [-0.3, -0.25) is 4.79 Å². The average Bonchev–Trinajstić information content (AvgIpc) is 3.32. The summed E-state index contributed by atoms with van der Waals surface area (Å²) in [5.74, 6) is 0.629. The van der Waals surface area contributed by atoms with Crippen molar-refractivity contribution in [2.45, 2.75) is 59.3 Å². The first kappa shape index (κ1) is 27.3. The molecule has 1 unspecified atom stereocenters. The van der Waals surface area contributed by atoms with Gasteiger partial charge in [0, 0.05) is 24.1 Å². The van der Waals surface area contributed by atoms with Crippen molar-refractivity contribution in [3.05, 3.63) is 52.6 Å². The van der Waals surface area contributed by atoms with Crippen LogP contribution in [0.4, 0.5) is 0 Å². The van der Waals surface area contributed by atoms with Crippen LogP contribution in [0.1, 0.15) is 42.5 Å². The number of aliphatic hydroxyl groups excluding tert-OH is 2. The molecule has 3 rings (SSSR count). The molecule has 4 N–H and O–H groups in total. The number of aromatic nitrogens is 2. The van der Waals surface area contributed by atoms with E-state index >= 15 is 0 Å². The highest BCUT2D eigenvalue weighted by Crippen LogP contribution is 2.32. The number of ether oxygens (including phenoxy) is 1. The van der Waals surface area contributed by atoms with E-state index < -0.39 is 18.1 Å². The molecule has 0 aliphatic heterocycles. The van der Waals surface area contributed by atoms with Crippen LogP contribution >= 0.6 is 0 Å². The first-order valence-electron chi connectivity index (χ1n) is 12.2. The van der Waals surface area contributed by atoms with Gasteiger partial charge in [0.2, 0.25) is 17.7 Å². The van der Waals surface area contributed by atoms with Crippen molar-refractivity contribution in [2.75, 3.05) is 20.2 Å². The van der Waals surface area contributed by atoms with Gasteiger partial charge in [-0.05, 0) is 74.8 Å². The van der Waals surface area contributed by atoms with Gasteiger partial charge in [0.05, 0.1) is 6.10 Å². The maximum atomic E-state index is 11.0. The van der Waals surface area contributed by atoms with Crippen LogP contribution in [0.5, 0.6) is 5.75 Å². The second kappa shape index (κ2) is 12.1. The van der Waals surface area contributed by atoms with Crippen molar-refractivity contribution < 1.29 is 24.2 Å². The maximum absolute atomic E-state index is 11.0. The van der Waals surface area contributed by atoms with E-state index in [9.17, 15) is 15.0 Å². The van der Waals surface area contributed by atoms with Gasteiger partial charge in [-0.1, -0.05) is 25.5 Å². The Morgan fingerprint density at radius 1 is 1.08 bits per heavy atom. The van der Waals surface area contributed by atoms with Crippen LogP contribution in [0.3, 0.4) is 0 Å². The second-order valence-corrected chi connectivity index (χ2v) is 9.20. The predicted molar refractivity (Wildman–Crippen MR) is 137 cm³/mol. The normalized spacial score (nSPS) is 13.1. The minimum Gasteiger partial charge on any atom is -0.490 e. The van der Waals surface area contributed by atoms with E-state index in [-0.39, 0.29) is 13.0 Å². The Morgan fingerprint density at radius 3 is 2.36 bits per heavy atom. The maximum Gasteiger partial charge on any atom is 0.248 e. The zero-order valence-electron chi connectivity index (χ0n) is 21.6. The number of rotatable bonds is 12. The predicted octanol–water partition coefficient (Wildman–Crippen LogP) is 3.01. The first-order valence-corrected chi connectivity index (χ1v) is 12.2. The summed E-state index contributed by atoms with van der Waals surface area (Å²) in [5, 5.41) is 28.2. The molecule has 3 aromatic rings. The molecule has 1 amide bonds. The van der Waals surface area contributed by atoms with Gasteiger partial charge in [0.15, 0.2) is 0 Å². The molecule has 0 aliphatic carbocycles. The molecule has 2 aromatic carbocycles. The van der Waals surface area contributed by atoms with Gasteiger partial charge in [-0.2, -0.15) is 0 Å². The Balaban J connectivity index is 1.81. The lowest BCUT2D eigenvalue weighted by Gasteiger charge is -2.18. The number of benzene rings is 2. The minimum absolute atomic E-state index is 0.0782. The topological polar surface area (TPSA) is 135 Å². The van der Waals surface area contributed by atoms with Crippen molar-refractivity contribution in [2.24, 2.45) is 5.73 Å². The van der Waals surface area contributed by atoms with Crippen molar-refractivity contribution in [1.82, 2.24) is 15.1 Å². The largest absolute Gasteiger partial charge is 0.490 e. The monoisotopic (exact) mass is 496 g/mol.